The minimum atomic E-state index is -4.84. The van der Waals surface area contributed by atoms with Crippen LogP contribution in [0.25, 0.3) is 10.9 Å². The number of hydrogen-bond acceptors (Lipinski definition) is 5. The minimum Gasteiger partial charge on any atom is -0.444 e. The SMILES string of the molecule is CC(C)(C)OC(=O)N1CCN(c2nc(F)nc3c(F)c(Br)c(C(F)(F)F)cc23)CC1. The highest BCUT2D eigenvalue weighted by Crippen LogP contribution is 2.40. The van der Waals surface area contributed by atoms with Crippen LogP contribution in [0, 0.1) is 11.9 Å². The fourth-order valence-electron chi connectivity index (χ4n) is 3.04. The Kier molecular flexibility index (Phi) is 5.82. The zero-order valence-corrected chi connectivity index (χ0v) is 17.9. The molecule has 12 heteroatoms. The maximum atomic E-state index is 14.5. The van der Waals surface area contributed by atoms with Crippen molar-refractivity contribution >= 4 is 38.7 Å². The van der Waals surface area contributed by atoms with E-state index in [4.69, 9.17) is 4.74 Å². The molecule has 2 heterocycles. The van der Waals surface area contributed by atoms with Gasteiger partial charge in [0.05, 0.1) is 10.0 Å². The van der Waals surface area contributed by atoms with E-state index in [9.17, 15) is 26.7 Å². The molecule has 164 valence electrons. The third kappa shape index (κ3) is 4.57. The van der Waals surface area contributed by atoms with Crippen molar-refractivity contribution in [3.05, 3.63) is 28.0 Å². The summed E-state index contributed by atoms with van der Waals surface area (Å²) in [5, 5.41) is -0.268. The summed E-state index contributed by atoms with van der Waals surface area (Å²) in [7, 11) is 0. The van der Waals surface area contributed by atoms with Gasteiger partial charge in [-0.15, -0.1) is 0 Å². The molecule has 0 aliphatic carbocycles. The molecule has 1 saturated heterocycles. The fraction of sp³-hybridized carbons (Fsp3) is 0.500. The molecular weight excluding hydrogens is 479 g/mol. The summed E-state index contributed by atoms with van der Waals surface area (Å²) in [6.07, 6.45) is -6.64. The van der Waals surface area contributed by atoms with Crippen molar-refractivity contribution in [2.45, 2.75) is 32.5 Å². The van der Waals surface area contributed by atoms with E-state index in [0.29, 0.717) is 6.07 Å². The van der Waals surface area contributed by atoms with Crippen molar-refractivity contribution in [2.24, 2.45) is 0 Å². The highest BCUT2D eigenvalue weighted by Gasteiger charge is 2.36. The number of anilines is 1. The molecule has 0 radical (unpaired) electrons. The van der Waals surface area contributed by atoms with Crippen molar-refractivity contribution < 1.29 is 31.5 Å². The number of ether oxygens (including phenoxy) is 1. The Morgan fingerprint density at radius 3 is 2.23 bits per heavy atom. The van der Waals surface area contributed by atoms with E-state index in [2.05, 4.69) is 25.9 Å². The molecule has 6 nitrogen and oxygen atoms in total. The van der Waals surface area contributed by atoms with Gasteiger partial charge < -0.3 is 14.5 Å². The van der Waals surface area contributed by atoms with Gasteiger partial charge in [0.2, 0.25) is 0 Å². The number of amides is 1. The predicted octanol–water partition coefficient (Wildman–Crippen LogP) is 4.75. The van der Waals surface area contributed by atoms with Gasteiger partial charge in [0, 0.05) is 31.6 Å². The first-order valence-electron chi connectivity index (χ1n) is 8.93. The van der Waals surface area contributed by atoms with Gasteiger partial charge in [-0.05, 0) is 42.8 Å². The largest absolute Gasteiger partial charge is 0.444 e. The van der Waals surface area contributed by atoms with Gasteiger partial charge in [0.25, 0.3) is 0 Å². The highest BCUT2D eigenvalue weighted by atomic mass is 79.9. The molecule has 1 amide bonds. The van der Waals surface area contributed by atoms with E-state index in [1.807, 2.05) is 0 Å². The third-order valence-corrected chi connectivity index (χ3v) is 5.14. The lowest BCUT2D eigenvalue weighted by Crippen LogP contribution is -2.50. The number of carbonyl (C=O) groups excluding carboxylic acids is 1. The number of alkyl halides is 3. The second-order valence-corrected chi connectivity index (χ2v) is 8.51. The number of carbonyl (C=O) groups is 1. The van der Waals surface area contributed by atoms with Crippen LogP contribution in [-0.4, -0.2) is 52.7 Å². The van der Waals surface area contributed by atoms with Crippen LogP contribution < -0.4 is 4.90 Å². The first-order valence-corrected chi connectivity index (χ1v) is 9.72. The molecule has 1 aromatic heterocycles. The Morgan fingerprint density at radius 2 is 1.70 bits per heavy atom. The minimum absolute atomic E-state index is 0.143. The molecule has 3 rings (SSSR count). The predicted molar refractivity (Wildman–Crippen MR) is 102 cm³/mol. The standard InChI is InChI=1S/C18H18BrF5N4O2/c1-17(2,3)30-16(29)28-6-4-27(5-7-28)14-9-8-10(18(22,23)24)11(19)12(20)13(9)25-15(21)26-14/h8H,4-7H2,1-3H3. The van der Waals surface area contributed by atoms with Gasteiger partial charge >= 0.3 is 18.3 Å². The van der Waals surface area contributed by atoms with E-state index < -0.39 is 45.3 Å². The molecule has 30 heavy (non-hydrogen) atoms. The van der Waals surface area contributed by atoms with Crippen LogP contribution in [0.3, 0.4) is 0 Å². The average Bonchev–Trinajstić information content (AvgIpc) is 2.62. The van der Waals surface area contributed by atoms with E-state index >= 15 is 0 Å². The quantitative estimate of drug-likeness (QED) is 0.421. The maximum Gasteiger partial charge on any atom is 0.417 e. The Morgan fingerprint density at radius 1 is 1.10 bits per heavy atom. The second kappa shape index (κ2) is 7.78. The Hall–Kier alpha value is -2.24. The number of aromatic nitrogens is 2. The Bertz CT molecular complexity index is 985. The molecular formula is C18H18BrF5N4O2. The number of rotatable bonds is 1. The fourth-order valence-corrected chi connectivity index (χ4v) is 3.56. The maximum absolute atomic E-state index is 14.5. The molecule has 0 unspecified atom stereocenters. The normalized spacial score (nSPS) is 15.6. The molecule has 2 aromatic rings. The summed E-state index contributed by atoms with van der Waals surface area (Å²) in [5.41, 5.74) is -2.50. The number of halogens is 6. The lowest BCUT2D eigenvalue weighted by atomic mass is 10.1. The summed E-state index contributed by atoms with van der Waals surface area (Å²) in [6, 6.07) is 0.692. The van der Waals surface area contributed by atoms with Crippen molar-refractivity contribution in [1.29, 1.82) is 0 Å². The van der Waals surface area contributed by atoms with Gasteiger partial charge in [0.15, 0.2) is 5.82 Å². The molecule has 1 aliphatic rings. The van der Waals surface area contributed by atoms with E-state index in [1.54, 1.807) is 20.8 Å². The third-order valence-electron chi connectivity index (χ3n) is 4.36. The van der Waals surface area contributed by atoms with E-state index in [1.165, 1.54) is 9.80 Å². The van der Waals surface area contributed by atoms with Crippen LogP contribution in [-0.2, 0) is 10.9 Å². The zero-order chi connectivity index (χ0) is 22.4. The summed E-state index contributed by atoms with van der Waals surface area (Å²) >= 11 is 2.58. The molecule has 0 atom stereocenters. The number of nitrogens with zero attached hydrogens (tertiary/aromatic N) is 4. The smallest absolute Gasteiger partial charge is 0.417 e. The number of hydrogen-bond donors (Lipinski definition) is 0. The van der Waals surface area contributed by atoms with E-state index in [-0.39, 0.29) is 37.4 Å². The van der Waals surface area contributed by atoms with Crippen molar-refractivity contribution in [3.63, 3.8) is 0 Å². The molecule has 0 bridgehead atoms. The van der Waals surface area contributed by atoms with Gasteiger partial charge in [-0.25, -0.2) is 9.18 Å². The van der Waals surface area contributed by atoms with Crippen LogP contribution in [0.15, 0.2) is 10.5 Å². The molecule has 0 spiro atoms. The van der Waals surface area contributed by atoms with Crippen LogP contribution >= 0.6 is 15.9 Å². The van der Waals surface area contributed by atoms with Gasteiger partial charge in [-0.2, -0.15) is 27.5 Å². The topological polar surface area (TPSA) is 58.6 Å². The first-order chi connectivity index (χ1) is 13.8. The van der Waals surface area contributed by atoms with Crippen molar-refractivity contribution in [3.8, 4) is 0 Å². The number of piperazine rings is 1. The lowest BCUT2D eigenvalue weighted by Gasteiger charge is -2.36. The Labute approximate surface area is 177 Å². The van der Waals surface area contributed by atoms with Crippen LogP contribution in [0.1, 0.15) is 26.3 Å². The van der Waals surface area contributed by atoms with Crippen LogP contribution in [0.4, 0.5) is 32.6 Å². The summed E-state index contributed by atoms with van der Waals surface area (Å²) in [4.78, 5) is 22.0. The monoisotopic (exact) mass is 496 g/mol. The summed E-state index contributed by atoms with van der Waals surface area (Å²) in [6.45, 7) is 5.81. The second-order valence-electron chi connectivity index (χ2n) is 7.72. The van der Waals surface area contributed by atoms with Gasteiger partial charge in [-0.3, -0.25) is 0 Å². The molecule has 1 aliphatic heterocycles. The zero-order valence-electron chi connectivity index (χ0n) is 16.3. The Balaban J connectivity index is 1.95. The van der Waals surface area contributed by atoms with Gasteiger partial charge in [-0.1, -0.05) is 0 Å². The molecule has 1 aromatic carbocycles. The number of fused-ring (bicyclic) bond motifs is 1. The lowest BCUT2D eigenvalue weighted by molar-refractivity contribution is -0.138. The summed E-state index contributed by atoms with van der Waals surface area (Å²) < 4.78 is 72.9. The number of benzene rings is 1. The first kappa shape index (κ1) is 22.4. The summed E-state index contributed by atoms with van der Waals surface area (Å²) in [5.74, 6) is -1.49. The van der Waals surface area contributed by atoms with E-state index in [0.717, 1.165) is 0 Å². The highest BCUT2D eigenvalue weighted by molar-refractivity contribution is 9.10. The molecule has 0 saturated carbocycles. The molecule has 0 N–H and O–H groups in total. The van der Waals surface area contributed by atoms with Crippen molar-refractivity contribution in [1.82, 2.24) is 14.9 Å². The van der Waals surface area contributed by atoms with Crippen molar-refractivity contribution in [2.75, 3.05) is 31.1 Å². The van der Waals surface area contributed by atoms with Crippen LogP contribution in [0.5, 0.6) is 0 Å². The average molecular weight is 497 g/mol. The van der Waals surface area contributed by atoms with Crippen LogP contribution in [0.2, 0.25) is 0 Å². The molecule has 1 fully saturated rings. The van der Waals surface area contributed by atoms with Gasteiger partial charge in [0.1, 0.15) is 16.9 Å².